The zero-order valence-corrected chi connectivity index (χ0v) is 13.3. The zero-order chi connectivity index (χ0) is 16.8. The Hall–Kier alpha value is -2.75. The molecule has 4 nitrogen and oxygen atoms in total. The highest BCUT2D eigenvalue weighted by Crippen LogP contribution is 2.37. The first-order valence-corrected chi connectivity index (χ1v) is 7.43. The topological polar surface area (TPSA) is 55.8 Å². The average molecular weight is 312 g/mol. The molecule has 120 valence electrons. The Morgan fingerprint density at radius 3 is 2.48 bits per heavy atom. The molecule has 0 radical (unpaired) electrons. The molecule has 23 heavy (non-hydrogen) atoms. The van der Waals surface area contributed by atoms with Crippen molar-refractivity contribution < 1.29 is 19.4 Å². The van der Waals surface area contributed by atoms with E-state index in [1.54, 1.807) is 25.1 Å². The molecule has 2 aromatic carbocycles. The van der Waals surface area contributed by atoms with Crippen LogP contribution < -0.4 is 4.74 Å². The fourth-order valence-electron chi connectivity index (χ4n) is 2.02. The summed E-state index contributed by atoms with van der Waals surface area (Å²) in [7, 11) is 0. The summed E-state index contributed by atoms with van der Waals surface area (Å²) in [6.07, 6.45) is -0.329. The maximum atomic E-state index is 11.6. The number of aromatic hydroxyl groups is 1. The fourth-order valence-corrected chi connectivity index (χ4v) is 2.02. The summed E-state index contributed by atoms with van der Waals surface area (Å²) in [4.78, 5) is 11.6. The molecule has 0 amide bonds. The molecule has 1 unspecified atom stereocenters. The second-order valence-corrected chi connectivity index (χ2v) is 5.16. The van der Waals surface area contributed by atoms with Crippen LogP contribution in [-0.4, -0.2) is 17.4 Å². The number of benzene rings is 2. The predicted molar refractivity (Wildman–Crippen MR) is 89.2 cm³/mol. The SMILES string of the molecule is C=C(C)C(=O)OC(CC)Oc1cccc(-c2ccccc2)c1O. The number of esters is 1. The van der Waals surface area contributed by atoms with Gasteiger partial charge in [-0.15, -0.1) is 0 Å². The lowest BCUT2D eigenvalue weighted by molar-refractivity contribution is -0.159. The Bertz CT molecular complexity index is 692. The lowest BCUT2D eigenvalue weighted by Crippen LogP contribution is -2.23. The van der Waals surface area contributed by atoms with Gasteiger partial charge in [-0.2, -0.15) is 0 Å². The molecule has 0 saturated carbocycles. The quantitative estimate of drug-likeness (QED) is 0.491. The highest BCUT2D eigenvalue weighted by molar-refractivity contribution is 5.87. The summed E-state index contributed by atoms with van der Waals surface area (Å²) in [5, 5.41) is 10.4. The number of hydrogen-bond acceptors (Lipinski definition) is 4. The van der Waals surface area contributed by atoms with Crippen LogP contribution >= 0.6 is 0 Å². The van der Waals surface area contributed by atoms with Crippen molar-refractivity contribution in [1.82, 2.24) is 0 Å². The van der Waals surface area contributed by atoms with Gasteiger partial charge in [0.15, 0.2) is 11.5 Å². The predicted octanol–water partition coefficient (Wildman–Crippen LogP) is 4.29. The van der Waals surface area contributed by atoms with Gasteiger partial charge in [0.2, 0.25) is 6.29 Å². The number of phenolic OH excluding ortho intramolecular Hbond substituents is 1. The van der Waals surface area contributed by atoms with Gasteiger partial charge in [-0.05, 0) is 18.6 Å². The van der Waals surface area contributed by atoms with E-state index in [2.05, 4.69) is 6.58 Å². The Balaban J connectivity index is 2.23. The maximum Gasteiger partial charge on any atom is 0.336 e. The number of para-hydroxylation sites is 1. The van der Waals surface area contributed by atoms with Gasteiger partial charge in [-0.3, -0.25) is 0 Å². The summed E-state index contributed by atoms with van der Waals surface area (Å²) in [6.45, 7) is 6.94. The minimum atomic E-state index is -0.781. The largest absolute Gasteiger partial charge is 0.504 e. The van der Waals surface area contributed by atoms with Crippen LogP contribution in [0, 0.1) is 0 Å². The minimum absolute atomic E-state index is 0.0172. The second kappa shape index (κ2) is 7.49. The van der Waals surface area contributed by atoms with Crippen LogP contribution in [0.1, 0.15) is 20.3 Å². The molecule has 0 heterocycles. The number of carbonyl (C=O) groups is 1. The van der Waals surface area contributed by atoms with Crippen LogP contribution in [0.2, 0.25) is 0 Å². The Kier molecular flexibility index (Phi) is 5.41. The monoisotopic (exact) mass is 312 g/mol. The molecular weight excluding hydrogens is 292 g/mol. The molecular formula is C19H20O4. The first-order valence-electron chi connectivity index (χ1n) is 7.43. The third-order valence-electron chi connectivity index (χ3n) is 3.26. The van der Waals surface area contributed by atoms with Crippen molar-refractivity contribution in [3.8, 4) is 22.6 Å². The number of carbonyl (C=O) groups excluding carboxylic acids is 1. The summed E-state index contributed by atoms with van der Waals surface area (Å²) in [6, 6.07) is 14.7. The van der Waals surface area contributed by atoms with Gasteiger partial charge in [0, 0.05) is 17.6 Å². The molecule has 0 spiro atoms. The highest BCUT2D eigenvalue weighted by atomic mass is 16.7. The van der Waals surface area contributed by atoms with Gasteiger partial charge < -0.3 is 14.6 Å². The second-order valence-electron chi connectivity index (χ2n) is 5.16. The number of hydrogen-bond donors (Lipinski definition) is 1. The summed E-state index contributed by atoms with van der Waals surface area (Å²) >= 11 is 0. The van der Waals surface area contributed by atoms with E-state index in [0.717, 1.165) is 5.56 Å². The van der Waals surface area contributed by atoms with E-state index in [1.165, 1.54) is 0 Å². The van der Waals surface area contributed by atoms with E-state index in [9.17, 15) is 9.90 Å². The Morgan fingerprint density at radius 2 is 1.87 bits per heavy atom. The standard InChI is InChI=1S/C19H20O4/c1-4-17(23-19(21)13(2)3)22-16-12-8-11-15(18(16)20)14-9-6-5-7-10-14/h5-12,17,20H,2,4H2,1,3H3. The van der Waals surface area contributed by atoms with Crippen LogP contribution in [0.25, 0.3) is 11.1 Å². The summed E-state index contributed by atoms with van der Waals surface area (Å²) < 4.78 is 10.8. The Labute approximate surface area is 136 Å². The van der Waals surface area contributed by atoms with Gasteiger partial charge in [-0.25, -0.2) is 4.79 Å². The van der Waals surface area contributed by atoms with Crippen LogP contribution in [0.5, 0.6) is 11.5 Å². The van der Waals surface area contributed by atoms with Crippen molar-refractivity contribution in [2.75, 3.05) is 0 Å². The van der Waals surface area contributed by atoms with Crippen molar-refractivity contribution in [2.45, 2.75) is 26.6 Å². The Morgan fingerprint density at radius 1 is 1.17 bits per heavy atom. The van der Waals surface area contributed by atoms with E-state index in [1.807, 2.05) is 37.3 Å². The van der Waals surface area contributed by atoms with Crippen LogP contribution in [0.3, 0.4) is 0 Å². The van der Waals surface area contributed by atoms with Crippen molar-refractivity contribution in [2.24, 2.45) is 0 Å². The zero-order valence-electron chi connectivity index (χ0n) is 13.3. The van der Waals surface area contributed by atoms with E-state index in [4.69, 9.17) is 9.47 Å². The van der Waals surface area contributed by atoms with E-state index in [0.29, 0.717) is 17.6 Å². The number of rotatable bonds is 6. The average Bonchev–Trinajstić information content (AvgIpc) is 2.56. The van der Waals surface area contributed by atoms with Gasteiger partial charge in [0.05, 0.1) is 0 Å². The molecule has 0 aliphatic carbocycles. The van der Waals surface area contributed by atoms with Gasteiger partial charge in [0.1, 0.15) is 0 Å². The highest BCUT2D eigenvalue weighted by Gasteiger charge is 2.18. The fraction of sp³-hybridized carbons (Fsp3) is 0.211. The normalized spacial score (nSPS) is 11.6. The van der Waals surface area contributed by atoms with Gasteiger partial charge in [0.25, 0.3) is 0 Å². The first kappa shape index (κ1) is 16.6. The van der Waals surface area contributed by atoms with Crippen molar-refractivity contribution in [1.29, 1.82) is 0 Å². The molecule has 0 aromatic heterocycles. The molecule has 0 bridgehead atoms. The third-order valence-corrected chi connectivity index (χ3v) is 3.26. The molecule has 1 atom stereocenters. The third kappa shape index (κ3) is 4.13. The lowest BCUT2D eigenvalue weighted by atomic mass is 10.0. The molecule has 1 N–H and O–H groups in total. The van der Waals surface area contributed by atoms with Crippen molar-refractivity contribution in [3.05, 3.63) is 60.7 Å². The van der Waals surface area contributed by atoms with Crippen LogP contribution in [0.4, 0.5) is 0 Å². The molecule has 0 saturated heterocycles. The van der Waals surface area contributed by atoms with Gasteiger partial charge in [-0.1, -0.05) is 56.0 Å². The molecule has 0 aliphatic rings. The number of phenols is 1. The maximum absolute atomic E-state index is 11.6. The van der Waals surface area contributed by atoms with Crippen LogP contribution in [0.15, 0.2) is 60.7 Å². The lowest BCUT2D eigenvalue weighted by Gasteiger charge is -2.19. The molecule has 2 rings (SSSR count). The molecule has 4 heteroatoms. The smallest absolute Gasteiger partial charge is 0.336 e. The van der Waals surface area contributed by atoms with Crippen LogP contribution in [-0.2, 0) is 9.53 Å². The minimum Gasteiger partial charge on any atom is -0.504 e. The van der Waals surface area contributed by atoms with Gasteiger partial charge >= 0.3 is 5.97 Å². The molecule has 0 aliphatic heterocycles. The van der Waals surface area contributed by atoms with E-state index < -0.39 is 12.3 Å². The van der Waals surface area contributed by atoms with E-state index in [-0.39, 0.29) is 11.5 Å². The summed E-state index contributed by atoms with van der Waals surface area (Å²) in [5.74, 6) is -0.230. The summed E-state index contributed by atoms with van der Waals surface area (Å²) in [5.41, 5.74) is 1.83. The van der Waals surface area contributed by atoms with E-state index >= 15 is 0 Å². The molecule has 0 fully saturated rings. The van der Waals surface area contributed by atoms with Crippen molar-refractivity contribution in [3.63, 3.8) is 0 Å². The first-order chi connectivity index (χ1) is 11.0. The van der Waals surface area contributed by atoms with Crippen molar-refractivity contribution >= 4 is 5.97 Å². The molecule has 2 aromatic rings. The number of ether oxygens (including phenoxy) is 2.